The van der Waals surface area contributed by atoms with E-state index in [1.54, 1.807) is 11.6 Å². The van der Waals surface area contributed by atoms with Crippen molar-refractivity contribution in [1.82, 2.24) is 20.1 Å². The van der Waals surface area contributed by atoms with Crippen LogP contribution in [0.5, 0.6) is 11.5 Å². The number of aliphatic hydroxyl groups is 1. The maximum atomic E-state index is 12.8. The largest absolute Gasteiger partial charge is 0.508 e. The second-order valence-electron chi connectivity index (χ2n) is 9.56. The number of rotatable bonds is 8. The van der Waals surface area contributed by atoms with Crippen molar-refractivity contribution in [2.75, 3.05) is 18.5 Å². The molecule has 4 N–H and O–H groups in total. The predicted molar refractivity (Wildman–Crippen MR) is 139 cm³/mol. The van der Waals surface area contributed by atoms with Crippen molar-refractivity contribution in [3.63, 3.8) is 0 Å². The van der Waals surface area contributed by atoms with Gasteiger partial charge in [-0.25, -0.2) is 9.67 Å². The number of fused-ring (bicyclic) bond motifs is 1. The summed E-state index contributed by atoms with van der Waals surface area (Å²) in [6.45, 7) is 6.13. The Morgan fingerprint density at radius 2 is 1.89 bits per heavy atom. The van der Waals surface area contributed by atoms with E-state index in [1.807, 2.05) is 13.8 Å². The van der Waals surface area contributed by atoms with Crippen molar-refractivity contribution >= 4 is 28.6 Å². The molecule has 0 saturated carbocycles. The monoisotopic (exact) mass is 599 g/mol. The van der Waals surface area contributed by atoms with Gasteiger partial charge >= 0.3 is 6.18 Å². The second kappa shape index (κ2) is 11.3. The van der Waals surface area contributed by atoms with Crippen LogP contribution >= 0.6 is 17.0 Å². The number of benzene rings is 2. The average molecular weight is 600 g/mol. The third kappa shape index (κ3) is 6.83. The lowest BCUT2D eigenvalue weighted by atomic mass is 9.99. The molecular weight excluding hydrogens is 571 g/mol. The lowest BCUT2D eigenvalue weighted by Crippen LogP contribution is -2.42. The molecule has 13 heteroatoms. The Morgan fingerprint density at radius 3 is 2.55 bits per heavy atom. The molecule has 9 nitrogen and oxygen atoms in total. The predicted octanol–water partition coefficient (Wildman–Crippen LogP) is 4.38. The van der Waals surface area contributed by atoms with Gasteiger partial charge in [-0.3, -0.25) is 4.79 Å². The number of β-amino-alcohol motifs (C(OH)–C–C–N with tert-alkyl or cyclic N) is 1. The smallest absolute Gasteiger partial charge is 0.416 e. The van der Waals surface area contributed by atoms with E-state index in [0.717, 1.165) is 12.1 Å². The van der Waals surface area contributed by atoms with Crippen LogP contribution in [0.15, 0.2) is 36.4 Å². The lowest BCUT2D eigenvalue weighted by Gasteiger charge is -2.29. The molecule has 2 aromatic carbocycles. The number of ether oxygens (including phenoxy) is 1. The number of halogens is 4. The lowest BCUT2D eigenvalue weighted by molar-refractivity contribution is -0.137. The van der Waals surface area contributed by atoms with Gasteiger partial charge in [0, 0.05) is 35.8 Å². The zero-order chi connectivity index (χ0) is 27.0. The molecule has 206 valence electrons. The Morgan fingerprint density at radius 1 is 1.21 bits per heavy atom. The van der Waals surface area contributed by atoms with E-state index in [1.165, 1.54) is 24.3 Å². The first-order chi connectivity index (χ1) is 17.3. The SMILES string of the molecule is Br.Cc1nc(-c2ccc(C(F)(F)F)cc2)nn1CCC(C)(C)NCC(O)c1cc(O)cc2c1OCC(=O)N2. The van der Waals surface area contributed by atoms with Crippen LogP contribution in [-0.2, 0) is 17.5 Å². The fourth-order valence-corrected chi connectivity index (χ4v) is 3.98. The summed E-state index contributed by atoms with van der Waals surface area (Å²) in [6, 6.07) is 7.48. The molecule has 0 fully saturated rings. The van der Waals surface area contributed by atoms with Gasteiger partial charge in [-0.2, -0.15) is 18.3 Å². The molecule has 1 aromatic heterocycles. The van der Waals surface area contributed by atoms with Gasteiger partial charge in [0.05, 0.1) is 17.4 Å². The Balaban J connectivity index is 0.00000400. The van der Waals surface area contributed by atoms with Crippen LogP contribution in [0.3, 0.4) is 0 Å². The minimum Gasteiger partial charge on any atom is -0.508 e. The fourth-order valence-electron chi connectivity index (χ4n) is 3.98. The number of carbonyl (C=O) groups is 1. The van der Waals surface area contributed by atoms with Crippen LogP contribution < -0.4 is 15.4 Å². The molecule has 0 saturated heterocycles. The summed E-state index contributed by atoms with van der Waals surface area (Å²) in [4.78, 5) is 16.0. The number of aromatic nitrogens is 3. The molecule has 0 aliphatic carbocycles. The molecular formula is C25H29BrF3N5O4. The number of nitrogens with zero attached hydrogens (tertiary/aromatic N) is 3. The molecule has 1 atom stereocenters. The number of phenolic OH excluding ortho intramolecular Hbond substituents is 1. The highest BCUT2D eigenvalue weighted by molar-refractivity contribution is 8.93. The molecule has 0 spiro atoms. The molecule has 2 heterocycles. The first-order valence-corrected chi connectivity index (χ1v) is 11.6. The van der Waals surface area contributed by atoms with Gasteiger partial charge in [0.2, 0.25) is 0 Å². The Labute approximate surface area is 227 Å². The van der Waals surface area contributed by atoms with E-state index in [4.69, 9.17) is 4.74 Å². The van der Waals surface area contributed by atoms with E-state index in [9.17, 15) is 28.2 Å². The minimum atomic E-state index is -4.41. The van der Waals surface area contributed by atoms with Crippen LogP contribution in [0.25, 0.3) is 11.4 Å². The highest BCUT2D eigenvalue weighted by Crippen LogP contribution is 2.39. The maximum Gasteiger partial charge on any atom is 0.416 e. The first kappa shape index (κ1) is 29.4. The van der Waals surface area contributed by atoms with Crippen LogP contribution in [0.1, 0.15) is 43.3 Å². The van der Waals surface area contributed by atoms with Gasteiger partial charge in [0.1, 0.15) is 17.3 Å². The highest BCUT2D eigenvalue weighted by Gasteiger charge is 2.30. The van der Waals surface area contributed by atoms with Gasteiger partial charge in [-0.1, -0.05) is 12.1 Å². The number of aromatic hydroxyl groups is 1. The van der Waals surface area contributed by atoms with Crippen molar-refractivity contribution in [2.45, 2.75) is 51.6 Å². The van der Waals surface area contributed by atoms with E-state index in [2.05, 4.69) is 20.7 Å². The Kier molecular flexibility index (Phi) is 8.74. The van der Waals surface area contributed by atoms with E-state index in [0.29, 0.717) is 47.2 Å². The normalized spacial score (nSPS) is 14.2. The number of carbonyl (C=O) groups excluding carboxylic acids is 1. The fraction of sp³-hybridized carbons (Fsp3) is 0.400. The van der Waals surface area contributed by atoms with Crippen LogP contribution in [-0.4, -0.2) is 49.6 Å². The number of nitrogens with one attached hydrogen (secondary N) is 2. The molecule has 1 amide bonds. The summed E-state index contributed by atoms with van der Waals surface area (Å²) >= 11 is 0. The average Bonchev–Trinajstić information content (AvgIpc) is 3.20. The number of hydrogen-bond acceptors (Lipinski definition) is 7. The molecule has 3 aromatic rings. The topological polar surface area (TPSA) is 122 Å². The van der Waals surface area contributed by atoms with Crippen molar-refractivity contribution in [2.24, 2.45) is 0 Å². The van der Waals surface area contributed by atoms with Gasteiger partial charge < -0.3 is 25.6 Å². The number of anilines is 1. The van der Waals surface area contributed by atoms with Crippen molar-refractivity contribution in [3.8, 4) is 22.9 Å². The maximum absolute atomic E-state index is 12.8. The second-order valence-corrected chi connectivity index (χ2v) is 9.56. The van der Waals surface area contributed by atoms with Gasteiger partial charge in [-0.15, -0.1) is 17.0 Å². The van der Waals surface area contributed by atoms with Gasteiger partial charge in [0.25, 0.3) is 5.91 Å². The summed E-state index contributed by atoms with van der Waals surface area (Å²) in [5, 5.41) is 31.2. The van der Waals surface area contributed by atoms with Gasteiger partial charge in [0.15, 0.2) is 12.4 Å². The number of phenols is 1. The third-order valence-corrected chi connectivity index (χ3v) is 6.13. The first-order valence-electron chi connectivity index (χ1n) is 11.6. The number of hydrogen-bond donors (Lipinski definition) is 4. The zero-order valence-electron chi connectivity index (χ0n) is 21.0. The zero-order valence-corrected chi connectivity index (χ0v) is 22.7. The number of amides is 1. The minimum absolute atomic E-state index is 0. The quantitative estimate of drug-likeness (QED) is 0.303. The number of aliphatic hydroxyl groups excluding tert-OH is 1. The van der Waals surface area contributed by atoms with Crippen molar-refractivity contribution in [1.29, 1.82) is 0 Å². The van der Waals surface area contributed by atoms with Gasteiger partial charge in [-0.05, 0) is 45.4 Å². The number of alkyl halides is 3. The molecule has 38 heavy (non-hydrogen) atoms. The summed E-state index contributed by atoms with van der Waals surface area (Å²) in [5.74, 6) is 0.828. The van der Waals surface area contributed by atoms with E-state index < -0.39 is 23.4 Å². The van der Waals surface area contributed by atoms with Crippen LogP contribution in [0.4, 0.5) is 18.9 Å². The summed E-state index contributed by atoms with van der Waals surface area (Å²) in [5.41, 5.74) is -0.0327. The van der Waals surface area contributed by atoms with Crippen molar-refractivity contribution < 1.29 is 32.9 Å². The Bertz CT molecular complexity index is 1300. The van der Waals surface area contributed by atoms with Crippen LogP contribution in [0, 0.1) is 6.92 Å². The van der Waals surface area contributed by atoms with E-state index >= 15 is 0 Å². The van der Waals surface area contributed by atoms with E-state index in [-0.39, 0.29) is 41.8 Å². The molecule has 1 aliphatic heterocycles. The molecule has 0 bridgehead atoms. The molecule has 1 aliphatic rings. The molecule has 0 radical (unpaired) electrons. The molecule has 4 rings (SSSR count). The highest BCUT2D eigenvalue weighted by atomic mass is 79.9. The summed E-state index contributed by atoms with van der Waals surface area (Å²) in [6.07, 6.45) is -4.83. The van der Waals surface area contributed by atoms with Crippen molar-refractivity contribution in [3.05, 3.63) is 53.3 Å². The summed E-state index contributed by atoms with van der Waals surface area (Å²) < 4.78 is 45.6. The Hall–Kier alpha value is -3.16. The van der Waals surface area contributed by atoms with Crippen LogP contribution in [0.2, 0.25) is 0 Å². The summed E-state index contributed by atoms with van der Waals surface area (Å²) in [7, 11) is 0. The standard InChI is InChI=1S/C25H28F3N5O4.BrH/c1-14-30-23(15-4-6-16(7-5-15)25(26,27)28)32-33(14)9-8-24(2,3)29-12-20(35)18-10-17(34)11-19-22(18)37-13-21(36)31-19;/h4-7,10-11,20,29,34-35H,8-9,12-13H2,1-3H3,(H,31,36);1H. The molecule has 1 unspecified atom stereocenters. The number of aryl methyl sites for hydroxylation is 2. The third-order valence-electron chi connectivity index (χ3n) is 6.13.